The van der Waals surface area contributed by atoms with Crippen molar-refractivity contribution >= 4 is 22.8 Å². The van der Waals surface area contributed by atoms with Gasteiger partial charge in [0.2, 0.25) is 5.91 Å². The Morgan fingerprint density at radius 2 is 1.94 bits per heavy atom. The second-order valence-electron chi connectivity index (χ2n) is 12.6. The number of hydrogen-bond acceptors (Lipinski definition) is 8. The van der Waals surface area contributed by atoms with E-state index in [2.05, 4.69) is 21.4 Å². The largest absolute Gasteiger partial charge is 0.355 e. The molecule has 47 heavy (non-hydrogen) atoms. The van der Waals surface area contributed by atoms with Crippen molar-refractivity contribution in [1.82, 2.24) is 29.3 Å². The van der Waals surface area contributed by atoms with E-state index in [1.807, 2.05) is 31.7 Å². The molecule has 1 amide bonds. The van der Waals surface area contributed by atoms with Crippen LogP contribution in [0.4, 0.5) is 14.6 Å². The van der Waals surface area contributed by atoms with Gasteiger partial charge in [0.15, 0.2) is 5.65 Å². The number of nitrogens with zero attached hydrogens (tertiary/aromatic N) is 7. The molecular weight excluding hydrogens is 602 g/mol. The quantitative estimate of drug-likeness (QED) is 0.323. The van der Waals surface area contributed by atoms with E-state index in [4.69, 9.17) is 10.7 Å². The molecule has 2 bridgehead atoms. The van der Waals surface area contributed by atoms with Gasteiger partial charge in [0.05, 0.1) is 16.8 Å². The number of pyridine rings is 2. The van der Waals surface area contributed by atoms with E-state index in [0.717, 1.165) is 12.0 Å². The van der Waals surface area contributed by atoms with Crippen LogP contribution in [-0.2, 0) is 17.8 Å². The van der Waals surface area contributed by atoms with Gasteiger partial charge < -0.3 is 15.5 Å². The minimum absolute atomic E-state index is 0.0472. The van der Waals surface area contributed by atoms with Crippen molar-refractivity contribution in [3.05, 3.63) is 88.1 Å². The predicted molar refractivity (Wildman–Crippen MR) is 179 cm³/mol. The molecule has 0 aliphatic carbocycles. The molecular formula is C35H40F2N8O2. The molecule has 246 valence electrons. The van der Waals surface area contributed by atoms with Crippen molar-refractivity contribution in [3.63, 3.8) is 0 Å². The number of fused-ring (bicyclic) bond motifs is 5. The van der Waals surface area contributed by atoms with Crippen LogP contribution >= 0.6 is 0 Å². The zero-order valence-electron chi connectivity index (χ0n) is 27.0. The number of amides is 1. The molecule has 10 nitrogen and oxygen atoms in total. The van der Waals surface area contributed by atoms with E-state index in [0.29, 0.717) is 74.6 Å². The van der Waals surface area contributed by atoms with Crippen LogP contribution in [0.5, 0.6) is 0 Å². The molecule has 6 rings (SSSR count). The fourth-order valence-corrected chi connectivity index (χ4v) is 6.85. The topological polar surface area (TPSA) is 113 Å². The van der Waals surface area contributed by atoms with Crippen molar-refractivity contribution in [2.75, 3.05) is 44.2 Å². The molecule has 0 unspecified atom stereocenters. The maximum Gasteiger partial charge on any atom is 0.355 e. The lowest BCUT2D eigenvalue weighted by molar-refractivity contribution is -0.126. The summed E-state index contributed by atoms with van der Waals surface area (Å²) < 4.78 is 33.7. The maximum absolute atomic E-state index is 16.5. The molecule has 0 radical (unpaired) electrons. The minimum atomic E-state index is -0.735. The maximum atomic E-state index is 16.5. The number of nitrogens with two attached hydrogens (primary N) is 1. The van der Waals surface area contributed by atoms with E-state index in [-0.39, 0.29) is 40.6 Å². The number of carbonyl (C=O) groups is 1. The molecule has 1 atom stereocenters. The Hall–Kier alpha value is -4.55. The molecule has 5 heterocycles. The third-order valence-corrected chi connectivity index (χ3v) is 9.09. The highest BCUT2D eigenvalue weighted by Crippen LogP contribution is 2.36. The monoisotopic (exact) mass is 642 g/mol. The van der Waals surface area contributed by atoms with Crippen molar-refractivity contribution < 1.29 is 13.6 Å². The highest BCUT2D eigenvalue weighted by Gasteiger charge is 2.31. The standard InChI is InChI=1S/C35H40F2N8O2/c1-5-28(46)43-16-17-44(22(4)19-43)33-25-18-27(37)31-29-24(8-6-10-26(29)36)20-42(15-12-38)14-7-9-23-11-13-39-30(21(2)3)32(23)45(34(25)40-31)35(47)41-33/h5-6,8,10-11,13,18,21-22H,1,7,9,12,14-17,19-20,38H2,2-4H3/t22-/m0/s1. The van der Waals surface area contributed by atoms with Crippen molar-refractivity contribution in [3.8, 4) is 16.9 Å². The van der Waals surface area contributed by atoms with E-state index in [1.165, 1.54) is 22.8 Å². The summed E-state index contributed by atoms with van der Waals surface area (Å²) in [5.41, 5.74) is 8.09. The number of carbonyl (C=O) groups excluding carboxylic acids is 1. The summed E-state index contributed by atoms with van der Waals surface area (Å²) in [5.74, 6) is -1.33. The third kappa shape index (κ3) is 6.03. The second kappa shape index (κ2) is 13.3. The normalized spacial score (nSPS) is 17.2. The second-order valence-corrected chi connectivity index (χ2v) is 12.6. The fraction of sp³-hybridized carbons (Fsp3) is 0.400. The Balaban J connectivity index is 1.67. The Kier molecular flexibility index (Phi) is 9.16. The lowest BCUT2D eigenvalue weighted by Gasteiger charge is -2.40. The molecule has 4 aromatic rings. The number of anilines is 1. The van der Waals surface area contributed by atoms with Gasteiger partial charge in [-0.25, -0.2) is 23.1 Å². The first kappa shape index (κ1) is 32.4. The van der Waals surface area contributed by atoms with Crippen LogP contribution in [0.25, 0.3) is 28.0 Å². The van der Waals surface area contributed by atoms with Gasteiger partial charge in [-0.05, 0) is 67.6 Å². The Bertz CT molecular complexity index is 1910. The summed E-state index contributed by atoms with van der Waals surface area (Å²) in [5, 5.41) is 0.309. The van der Waals surface area contributed by atoms with Gasteiger partial charge in [-0.15, -0.1) is 0 Å². The van der Waals surface area contributed by atoms with Gasteiger partial charge in [-0.2, -0.15) is 4.98 Å². The molecule has 12 heteroatoms. The highest BCUT2D eigenvalue weighted by molar-refractivity contribution is 5.91. The van der Waals surface area contributed by atoms with Crippen LogP contribution in [-0.4, -0.2) is 80.5 Å². The summed E-state index contributed by atoms with van der Waals surface area (Å²) in [4.78, 5) is 46.5. The average molecular weight is 643 g/mol. The van der Waals surface area contributed by atoms with Crippen molar-refractivity contribution in [2.24, 2.45) is 5.73 Å². The summed E-state index contributed by atoms with van der Waals surface area (Å²) in [6.45, 7) is 12.6. The molecule has 1 fully saturated rings. The van der Waals surface area contributed by atoms with Crippen molar-refractivity contribution in [2.45, 2.75) is 52.1 Å². The smallest absolute Gasteiger partial charge is 0.350 e. The summed E-state index contributed by atoms with van der Waals surface area (Å²) >= 11 is 0. The zero-order chi connectivity index (χ0) is 33.4. The van der Waals surface area contributed by atoms with E-state index in [1.54, 1.807) is 23.2 Å². The summed E-state index contributed by atoms with van der Waals surface area (Å²) in [7, 11) is 0. The van der Waals surface area contributed by atoms with E-state index in [9.17, 15) is 9.59 Å². The number of rotatable bonds is 5. The van der Waals surface area contributed by atoms with Crippen LogP contribution in [0.3, 0.4) is 0 Å². The predicted octanol–water partition coefficient (Wildman–Crippen LogP) is 4.17. The number of benzene rings is 1. The van der Waals surface area contributed by atoms with Crippen LogP contribution in [0.2, 0.25) is 0 Å². The number of aromatic nitrogens is 4. The zero-order valence-corrected chi connectivity index (χ0v) is 27.0. The molecule has 3 aromatic heterocycles. The SMILES string of the molecule is C=CC(=O)N1CCN(c2nc(=O)n3c4nc(c(F)cc24)-c2c(F)cccc2CN(CCN)CCCc2ccnc(C(C)C)c2-3)[C@@H](C)C1. The first-order valence-electron chi connectivity index (χ1n) is 16.1. The molecule has 2 aliphatic heterocycles. The summed E-state index contributed by atoms with van der Waals surface area (Å²) in [6.07, 6.45) is 4.37. The molecule has 2 N–H and O–H groups in total. The first-order valence-corrected chi connectivity index (χ1v) is 16.1. The van der Waals surface area contributed by atoms with E-state index < -0.39 is 17.3 Å². The van der Waals surface area contributed by atoms with Crippen LogP contribution in [0, 0.1) is 11.6 Å². The van der Waals surface area contributed by atoms with E-state index >= 15 is 8.78 Å². The van der Waals surface area contributed by atoms with Crippen LogP contribution < -0.4 is 16.3 Å². The summed E-state index contributed by atoms with van der Waals surface area (Å²) in [6, 6.07) is 7.64. The number of halogens is 2. The Morgan fingerprint density at radius 1 is 1.13 bits per heavy atom. The molecule has 2 aliphatic rings. The Morgan fingerprint density at radius 3 is 2.66 bits per heavy atom. The molecule has 0 spiro atoms. The minimum Gasteiger partial charge on any atom is -0.350 e. The third-order valence-electron chi connectivity index (χ3n) is 9.09. The van der Waals surface area contributed by atoms with Gasteiger partial charge >= 0.3 is 5.69 Å². The fourth-order valence-electron chi connectivity index (χ4n) is 6.85. The molecule has 1 saturated heterocycles. The van der Waals surface area contributed by atoms with Gasteiger partial charge in [-0.3, -0.25) is 14.7 Å². The van der Waals surface area contributed by atoms with Gasteiger partial charge in [-0.1, -0.05) is 32.6 Å². The first-order chi connectivity index (χ1) is 22.6. The van der Waals surface area contributed by atoms with Gasteiger partial charge in [0.1, 0.15) is 23.1 Å². The van der Waals surface area contributed by atoms with Crippen LogP contribution in [0.15, 0.2) is 54.0 Å². The lowest BCUT2D eigenvalue weighted by Crippen LogP contribution is -2.54. The molecule has 0 saturated carbocycles. The number of aryl methyl sites for hydroxylation is 1. The van der Waals surface area contributed by atoms with Crippen molar-refractivity contribution in [1.29, 1.82) is 0 Å². The number of piperazine rings is 1. The average Bonchev–Trinajstić information content (AvgIpc) is 3.05. The number of hydrogen-bond donors (Lipinski definition) is 1. The van der Waals surface area contributed by atoms with Crippen LogP contribution in [0.1, 0.15) is 49.9 Å². The highest BCUT2D eigenvalue weighted by atomic mass is 19.1. The van der Waals surface area contributed by atoms with Gasteiger partial charge in [0, 0.05) is 57.1 Å². The Labute approximate surface area is 272 Å². The van der Waals surface area contributed by atoms with Gasteiger partial charge in [0.25, 0.3) is 0 Å². The molecule has 1 aromatic carbocycles. The lowest BCUT2D eigenvalue weighted by atomic mass is 10.0.